The Balaban J connectivity index is 2.10. The number of benzene rings is 1. The van der Waals surface area contributed by atoms with Gasteiger partial charge in [0.2, 0.25) is 17.5 Å². The molecule has 0 fully saturated rings. The second-order valence-corrected chi connectivity index (χ2v) is 7.12. The first-order valence-electron chi connectivity index (χ1n) is 9.27. The Morgan fingerprint density at radius 1 is 1.13 bits per heavy atom. The van der Waals surface area contributed by atoms with Gasteiger partial charge in [0.1, 0.15) is 23.2 Å². The Labute approximate surface area is 172 Å². The minimum atomic E-state index is -0.873. The van der Waals surface area contributed by atoms with Gasteiger partial charge in [-0.05, 0) is 31.4 Å². The fraction of sp³-hybridized carbons (Fsp3) is 0.333. The number of allylic oxidation sites excluding steroid dienone is 2. The van der Waals surface area contributed by atoms with Gasteiger partial charge < -0.3 is 25.0 Å². The first-order valence-corrected chi connectivity index (χ1v) is 9.27. The second kappa shape index (κ2) is 8.02. The molecule has 30 heavy (non-hydrogen) atoms. The Hall–Kier alpha value is -3.62. The number of nitrogens with one attached hydrogen (secondary N) is 1. The summed E-state index contributed by atoms with van der Waals surface area (Å²) in [5.74, 6) is -3.52. The molecule has 0 saturated carbocycles. The van der Waals surface area contributed by atoms with Crippen molar-refractivity contribution in [2.24, 2.45) is 0 Å². The van der Waals surface area contributed by atoms with Gasteiger partial charge in [-0.25, -0.2) is 4.79 Å². The van der Waals surface area contributed by atoms with Crippen LogP contribution in [-0.4, -0.2) is 46.9 Å². The van der Waals surface area contributed by atoms with Gasteiger partial charge in [0, 0.05) is 25.0 Å². The number of ether oxygens (including phenoxy) is 2. The molecule has 1 aliphatic heterocycles. The van der Waals surface area contributed by atoms with Crippen LogP contribution in [0.15, 0.2) is 29.2 Å². The lowest BCUT2D eigenvalue weighted by atomic mass is 9.94. The van der Waals surface area contributed by atoms with Gasteiger partial charge in [-0.15, -0.1) is 0 Å². The Morgan fingerprint density at radius 2 is 1.83 bits per heavy atom. The van der Waals surface area contributed by atoms with E-state index in [0.717, 1.165) is 12.1 Å². The average molecular weight is 415 g/mol. The fourth-order valence-electron chi connectivity index (χ4n) is 3.55. The van der Waals surface area contributed by atoms with E-state index < -0.39 is 35.3 Å². The number of cyclic esters (lactones) is 1. The highest BCUT2D eigenvalue weighted by Gasteiger charge is 2.33. The first kappa shape index (κ1) is 21.1. The number of methoxy groups -OCH3 is 1. The van der Waals surface area contributed by atoms with E-state index in [9.17, 15) is 29.4 Å². The van der Waals surface area contributed by atoms with E-state index in [1.807, 2.05) is 0 Å². The van der Waals surface area contributed by atoms with Crippen LogP contribution in [0.3, 0.4) is 0 Å². The van der Waals surface area contributed by atoms with E-state index in [4.69, 9.17) is 9.47 Å². The van der Waals surface area contributed by atoms with Gasteiger partial charge >= 0.3 is 5.97 Å². The number of phenolic OH excluding ortho intramolecular Hbond substituents is 2. The minimum Gasteiger partial charge on any atom is -0.508 e. The summed E-state index contributed by atoms with van der Waals surface area (Å²) in [6.07, 6.45) is -0.184. The molecule has 1 heterocycles. The van der Waals surface area contributed by atoms with E-state index in [1.54, 1.807) is 6.92 Å². The van der Waals surface area contributed by atoms with Crippen molar-refractivity contribution in [1.82, 2.24) is 5.32 Å². The molecular weight excluding hydrogens is 394 g/mol. The third kappa shape index (κ3) is 3.78. The zero-order valence-corrected chi connectivity index (χ0v) is 16.7. The van der Waals surface area contributed by atoms with Crippen LogP contribution in [0.4, 0.5) is 0 Å². The summed E-state index contributed by atoms with van der Waals surface area (Å²) in [7, 11) is 1.24. The van der Waals surface area contributed by atoms with Crippen LogP contribution in [0.1, 0.15) is 41.3 Å². The number of rotatable bonds is 1. The summed E-state index contributed by atoms with van der Waals surface area (Å²) >= 11 is 0. The number of ketones is 2. The zero-order valence-electron chi connectivity index (χ0n) is 16.7. The summed E-state index contributed by atoms with van der Waals surface area (Å²) in [5.41, 5.74) is 0.217. The maximum Gasteiger partial charge on any atom is 0.342 e. The van der Waals surface area contributed by atoms with Gasteiger partial charge in [0.15, 0.2) is 5.76 Å². The molecule has 3 N–H and O–H groups in total. The minimum absolute atomic E-state index is 0.0140. The molecule has 9 nitrogen and oxygen atoms in total. The van der Waals surface area contributed by atoms with Crippen molar-refractivity contribution < 1.29 is 38.9 Å². The lowest BCUT2D eigenvalue weighted by Crippen LogP contribution is -2.33. The number of esters is 1. The summed E-state index contributed by atoms with van der Waals surface area (Å²) < 4.78 is 10.5. The van der Waals surface area contributed by atoms with Crippen LogP contribution < -0.4 is 5.32 Å². The first-order chi connectivity index (χ1) is 14.1. The number of hydrogen-bond acceptors (Lipinski definition) is 8. The Bertz CT molecular complexity index is 1030. The Kier molecular flexibility index (Phi) is 5.64. The van der Waals surface area contributed by atoms with Crippen molar-refractivity contribution >= 4 is 23.4 Å². The van der Waals surface area contributed by atoms with Gasteiger partial charge in [-0.3, -0.25) is 14.4 Å². The number of carbonyl (C=O) groups is 4. The molecule has 0 aromatic heterocycles. The van der Waals surface area contributed by atoms with Crippen LogP contribution in [0.25, 0.3) is 0 Å². The summed E-state index contributed by atoms with van der Waals surface area (Å²) in [6, 6.07) is 1.03. The quantitative estimate of drug-likeness (QED) is 0.461. The molecule has 0 radical (unpaired) electrons. The van der Waals surface area contributed by atoms with Crippen LogP contribution in [0.5, 0.6) is 11.5 Å². The topological polar surface area (TPSA) is 139 Å². The third-order valence-corrected chi connectivity index (χ3v) is 5.04. The fourth-order valence-corrected chi connectivity index (χ4v) is 3.55. The third-order valence-electron chi connectivity index (χ3n) is 5.04. The smallest absolute Gasteiger partial charge is 0.342 e. The van der Waals surface area contributed by atoms with Gasteiger partial charge in [-0.2, -0.15) is 0 Å². The average Bonchev–Trinajstić information content (AvgIpc) is 2.66. The lowest BCUT2D eigenvalue weighted by Gasteiger charge is -2.21. The predicted octanol–water partition coefficient (Wildman–Crippen LogP) is 1.34. The molecule has 1 atom stereocenters. The number of Topliss-reactive ketones (excluding diaryl/α,β-unsaturated/α-hetero) is 1. The molecule has 1 unspecified atom stereocenters. The van der Waals surface area contributed by atoms with Crippen molar-refractivity contribution in [2.45, 2.75) is 39.2 Å². The normalized spacial score (nSPS) is 20.2. The van der Waals surface area contributed by atoms with E-state index in [2.05, 4.69) is 5.32 Å². The van der Waals surface area contributed by atoms with Gasteiger partial charge in [0.25, 0.3) is 0 Å². The number of amides is 1. The molecule has 0 spiro atoms. The summed E-state index contributed by atoms with van der Waals surface area (Å²) in [5, 5.41) is 22.7. The van der Waals surface area contributed by atoms with E-state index >= 15 is 0 Å². The van der Waals surface area contributed by atoms with Crippen LogP contribution in [-0.2, 0) is 30.3 Å². The van der Waals surface area contributed by atoms with Crippen LogP contribution in [0, 0.1) is 6.92 Å². The molecule has 2 bridgehead atoms. The molecule has 9 heteroatoms. The number of aromatic hydroxyl groups is 2. The Morgan fingerprint density at radius 3 is 2.50 bits per heavy atom. The highest BCUT2D eigenvalue weighted by molar-refractivity contribution is 6.22. The molecule has 1 amide bonds. The van der Waals surface area contributed by atoms with E-state index in [1.165, 1.54) is 14.0 Å². The van der Waals surface area contributed by atoms with Gasteiger partial charge in [-0.1, -0.05) is 0 Å². The molecule has 0 saturated heterocycles. The molecular formula is C21H21NO8. The maximum absolute atomic E-state index is 12.8. The molecule has 1 aromatic rings. The molecule has 2 aliphatic rings. The summed E-state index contributed by atoms with van der Waals surface area (Å²) in [4.78, 5) is 50.3. The predicted molar refractivity (Wildman–Crippen MR) is 103 cm³/mol. The molecule has 158 valence electrons. The molecule has 1 aliphatic carbocycles. The largest absolute Gasteiger partial charge is 0.508 e. The number of carbonyl (C=O) groups excluding carboxylic acids is 4. The second-order valence-electron chi connectivity index (χ2n) is 7.12. The van der Waals surface area contributed by atoms with Crippen LogP contribution in [0.2, 0.25) is 0 Å². The zero-order chi connectivity index (χ0) is 22.2. The maximum atomic E-state index is 12.8. The van der Waals surface area contributed by atoms with Crippen molar-refractivity contribution in [3.8, 4) is 11.5 Å². The van der Waals surface area contributed by atoms with E-state index in [0.29, 0.717) is 5.56 Å². The van der Waals surface area contributed by atoms with Crippen molar-refractivity contribution in [1.29, 1.82) is 0 Å². The highest BCUT2D eigenvalue weighted by Crippen LogP contribution is 2.34. The van der Waals surface area contributed by atoms with Crippen molar-refractivity contribution in [3.05, 3.63) is 45.9 Å². The lowest BCUT2D eigenvalue weighted by molar-refractivity contribution is -0.123. The molecule has 3 rings (SSSR count). The van der Waals surface area contributed by atoms with E-state index in [-0.39, 0.29) is 53.2 Å². The standard InChI is InChI=1S/C21H21NO8/c1-9-6-12-19(27)13(7-16(25)20(12)29-3)22-17(26)5-4-11-10(2)14(23)8-15(24)18(11)21(28)30-9/h7-9,23-24H,4-6H2,1-3H3,(H,22,26). The SMILES string of the molecule is COC1=C2CC(C)OC(=O)c3c(O)cc(O)c(C)c3CCC(=O)NC(=CC1=O)C2=O. The number of fused-ring (bicyclic) bond motifs is 3. The highest BCUT2D eigenvalue weighted by atomic mass is 16.5. The number of phenols is 2. The monoisotopic (exact) mass is 415 g/mol. The van der Waals surface area contributed by atoms with Crippen LogP contribution >= 0.6 is 0 Å². The molecule has 1 aromatic carbocycles. The summed E-state index contributed by atoms with van der Waals surface area (Å²) in [6.45, 7) is 3.07. The van der Waals surface area contributed by atoms with Gasteiger partial charge in [0.05, 0.1) is 18.4 Å². The van der Waals surface area contributed by atoms with Crippen molar-refractivity contribution in [3.63, 3.8) is 0 Å². The van der Waals surface area contributed by atoms with Crippen molar-refractivity contribution in [2.75, 3.05) is 7.11 Å². The number of hydrogen-bond donors (Lipinski definition) is 3.